The van der Waals surface area contributed by atoms with Crippen LogP contribution in [-0.2, 0) is 4.74 Å². The van der Waals surface area contributed by atoms with Crippen molar-refractivity contribution in [2.45, 2.75) is 43.9 Å². The zero-order valence-corrected chi connectivity index (χ0v) is 11.5. The van der Waals surface area contributed by atoms with Gasteiger partial charge in [0.15, 0.2) is 0 Å². The molecule has 0 amide bonds. The van der Waals surface area contributed by atoms with Crippen LogP contribution < -0.4 is 0 Å². The largest absolute Gasteiger partial charge is 0.445 e. The molecule has 6 heteroatoms. The smallest absolute Gasteiger partial charge is 0.420 e. The molecule has 4 rings (SSSR count). The van der Waals surface area contributed by atoms with E-state index in [1.807, 2.05) is 0 Å². The highest BCUT2D eigenvalue weighted by molar-refractivity contribution is 5.76. The summed E-state index contributed by atoms with van der Waals surface area (Å²) in [7, 11) is 2.18. The van der Waals surface area contributed by atoms with Crippen LogP contribution in [0.15, 0.2) is 24.7 Å². The van der Waals surface area contributed by atoms with Crippen molar-refractivity contribution in [3.8, 4) is 0 Å². The fraction of sp³-hybridized carbons (Fsp3) is 0.571. The maximum Gasteiger partial charge on any atom is 0.420 e. The van der Waals surface area contributed by atoms with Crippen LogP contribution in [0.4, 0.5) is 4.79 Å². The Labute approximate surface area is 116 Å². The van der Waals surface area contributed by atoms with E-state index in [2.05, 4.69) is 17.0 Å². The number of nitrogens with zero attached hydrogens (tertiary/aromatic N) is 4. The second kappa shape index (κ2) is 4.34. The minimum atomic E-state index is -0.297. The molecule has 2 bridgehead atoms. The number of imidazole rings is 1. The molecule has 2 fully saturated rings. The predicted octanol–water partition coefficient (Wildman–Crippen LogP) is 1.75. The van der Waals surface area contributed by atoms with Crippen LogP contribution in [0.25, 0.3) is 5.65 Å². The average molecular weight is 274 g/mol. The van der Waals surface area contributed by atoms with Gasteiger partial charge in [-0.05, 0) is 19.9 Å². The van der Waals surface area contributed by atoms with Crippen LogP contribution in [-0.4, -0.2) is 50.4 Å². The van der Waals surface area contributed by atoms with Crippen molar-refractivity contribution in [3.63, 3.8) is 0 Å². The van der Waals surface area contributed by atoms with Gasteiger partial charge in [-0.2, -0.15) is 5.10 Å². The van der Waals surface area contributed by atoms with Crippen LogP contribution in [0.3, 0.4) is 0 Å². The summed E-state index contributed by atoms with van der Waals surface area (Å²) in [6.45, 7) is 0. The van der Waals surface area contributed by atoms with Gasteiger partial charge in [-0.3, -0.25) is 0 Å². The van der Waals surface area contributed by atoms with Crippen LogP contribution >= 0.6 is 0 Å². The van der Waals surface area contributed by atoms with Gasteiger partial charge in [0.1, 0.15) is 11.8 Å². The Kier molecular flexibility index (Phi) is 2.60. The van der Waals surface area contributed by atoms with Gasteiger partial charge in [0.2, 0.25) is 0 Å². The topological polar surface area (TPSA) is 51.8 Å². The zero-order chi connectivity index (χ0) is 13.7. The van der Waals surface area contributed by atoms with Gasteiger partial charge in [-0.1, -0.05) is 0 Å². The molecule has 3 atom stereocenters. The van der Waals surface area contributed by atoms with E-state index >= 15 is 0 Å². The van der Waals surface area contributed by atoms with E-state index in [9.17, 15) is 4.79 Å². The number of fused-ring (bicyclic) bond motifs is 3. The quantitative estimate of drug-likeness (QED) is 0.795. The van der Waals surface area contributed by atoms with Crippen molar-refractivity contribution in [2.75, 3.05) is 7.05 Å². The third kappa shape index (κ3) is 1.75. The van der Waals surface area contributed by atoms with Gasteiger partial charge in [-0.25, -0.2) is 13.9 Å². The van der Waals surface area contributed by atoms with E-state index in [0.717, 1.165) is 18.5 Å². The van der Waals surface area contributed by atoms with E-state index in [0.29, 0.717) is 12.1 Å². The summed E-state index contributed by atoms with van der Waals surface area (Å²) < 4.78 is 8.89. The van der Waals surface area contributed by atoms with Gasteiger partial charge in [0.25, 0.3) is 0 Å². The van der Waals surface area contributed by atoms with Crippen molar-refractivity contribution in [1.29, 1.82) is 0 Å². The maximum absolute atomic E-state index is 12.3. The Balaban J connectivity index is 1.50. The molecule has 0 saturated carbocycles. The molecule has 2 aromatic heterocycles. The first-order valence-corrected chi connectivity index (χ1v) is 7.16. The molecule has 0 aliphatic carbocycles. The minimum absolute atomic E-state index is 0.0431. The van der Waals surface area contributed by atoms with Gasteiger partial charge in [-0.15, -0.1) is 0 Å². The molecule has 4 heterocycles. The van der Waals surface area contributed by atoms with Gasteiger partial charge >= 0.3 is 6.09 Å². The maximum atomic E-state index is 12.3. The Morgan fingerprint density at radius 2 is 2.05 bits per heavy atom. The van der Waals surface area contributed by atoms with E-state index in [1.165, 1.54) is 17.4 Å². The molecule has 2 saturated heterocycles. The number of piperidine rings is 1. The SMILES string of the molecule is CN1[C@@H]2CC[C@H]1CC(OC(=O)n1ccn3nccc13)C2. The molecule has 0 radical (unpaired) electrons. The summed E-state index contributed by atoms with van der Waals surface area (Å²) in [4.78, 5) is 14.7. The van der Waals surface area contributed by atoms with Crippen LogP contribution in [0.5, 0.6) is 0 Å². The zero-order valence-electron chi connectivity index (χ0n) is 11.5. The Morgan fingerprint density at radius 3 is 2.80 bits per heavy atom. The molecular formula is C14H18N4O2. The molecule has 106 valence electrons. The number of aromatic nitrogens is 3. The van der Waals surface area contributed by atoms with Crippen molar-refractivity contribution in [2.24, 2.45) is 0 Å². The fourth-order valence-corrected chi connectivity index (χ4v) is 3.63. The number of hydrogen-bond donors (Lipinski definition) is 0. The highest BCUT2D eigenvalue weighted by atomic mass is 16.6. The summed E-state index contributed by atoms with van der Waals surface area (Å²) >= 11 is 0. The highest BCUT2D eigenvalue weighted by Gasteiger charge is 2.40. The first-order valence-electron chi connectivity index (χ1n) is 7.16. The van der Waals surface area contributed by atoms with Crippen LogP contribution in [0.1, 0.15) is 25.7 Å². The second-order valence-electron chi connectivity index (χ2n) is 5.83. The molecule has 2 aliphatic heterocycles. The predicted molar refractivity (Wildman–Crippen MR) is 72.7 cm³/mol. The lowest BCUT2D eigenvalue weighted by atomic mass is 10.0. The third-order valence-corrected chi connectivity index (χ3v) is 4.77. The van der Waals surface area contributed by atoms with Crippen molar-refractivity contribution >= 4 is 11.7 Å². The molecule has 20 heavy (non-hydrogen) atoms. The molecule has 0 N–H and O–H groups in total. The van der Waals surface area contributed by atoms with Crippen LogP contribution in [0.2, 0.25) is 0 Å². The Morgan fingerprint density at radius 1 is 1.30 bits per heavy atom. The second-order valence-corrected chi connectivity index (χ2v) is 5.83. The number of carbonyl (C=O) groups excluding carboxylic acids is 1. The normalized spacial score (nSPS) is 29.9. The van der Waals surface area contributed by atoms with Crippen molar-refractivity contribution in [1.82, 2.24) is 19.1 Å². The fourth-order valence-electron chi connectivity index (χ4n) is 3.63. The van der Waals surface area contributed by atoms with Gasteiger partial charge in [0.05, 0.1) is 6.20 Å². The number of rotatable bonds is 1. The molecule has 0 spiro atoms. The molecular weight excluding hydrogens is 256 g/mol. The summed E-state index contributed by atoms with van der Waals surface area (Å²) in [6, 6.07) is 2.96. The van der Waals surface area contributed by atoms with E-state index < -0.39 is 0 Å². The van der Waals surface area contributed by atoms with E-state index in [4.69, 9.17) is 4.74 Å². The Bertz CT molecular complexity index is 632. The lowest BCUT2D eigenvalue weighted by Crippen LogP contribution is -2.43. The first kappa shape index (κ1) is 12.0. The minimum Gasteiger partial charge on any atom is -0.445 e. The summed E-state index contributed by atoms with van der Waals surface area (Å²) in [6.07, 6.45) is 9.25. The van der Waals surface area contributed by atoms with E-state index in [-0.39, 0.29) is 12.2 Å². The number of ether oxygens (including phenoxy) is 1. The summed E-state index contributed by atoms with van der Waals surface area (Å²) in [5.41, 5.74) is 0.742. The van der Waals surface area contributed by atoms with Crippen LogP contribution in [0, 0.1) is 0 Å². The molecule has 1 unspecified atom stereocenters. The lowest BCUT2D eigenvalue weighted by molar-refractivity contribution is 0.0293. The van der Waals surface area contributed by atoms with Crippen molar-refractivity contribution in [3.05, 3.63) is 24.7 Å². The molecule has 6 nitrogen and oxygen atoms in total. The molecule has 2 aromatic rings. The molecule has 0 aromatic carbocycles. The third-order valence-electron chi connectivity index (χ3n) is 4.77. The number of carbonyl (C=O) groups is 1. The van der Waals surface area contributed by atoms with E-state index in [1.54, 1.807) is 29.2 Å². The van der Waals surface area contributed by atoms with Crippen molar-refractivity contribution < 1.29 is 9.53 Å². The summed E-state index contributed by atoms with van der Waals surface area (Å²) in [5, 5.41) is 4.09. The Hall–Kier alpha value is -1.82. The number of hydrogen-bond acceptors (Lipinski definition) is 4. The average Bonchev–Trinajstić information content (AvgIpc) is 3.05. The standard InChI is InChI=1S/C14H18N4O2/c1-16-10-2-3-11(16)9-12(8-10)20-14(19)17-6-7-18-13(17)4-5-15-18/h4-7,10-12H,2-3,8-9H2,1H3/t10-,11+,12?. The lowest BCUT2D eigenvalue weighted by Gasteiger charge is -2.35. The first-order chi connectivity index (χ1) is 9.72. The van der Waals surface area contributed by atoms with Gasteiger partial charge in [0, 0.05) is 43.4 Å². The highest BCUT2D eigenvalue weighted by Crippen LogP contribution is 2.35. The van der Waals surface area contributed by atoms with Gasteiger partial charge < -0.3 is 9.64 Å². The monoisotopic (exact) mass is 274 g/mol. The molecule has 2 aliphatic rings. The summed E-state index contributed by atoms with van der Waals surface area (Å²) in [5.74, 6) is 0.